The maximum absolute atomic E-state index is 13.2. The first-order valence-electron chi connectivity index (χ1n) is 13.6. The van der Waals surface area contributed by atoms with Gasteiger partial charge in [0.05, 0.1) is 5.56 Å². The summed E-state index contributed by atoms with van der Waals surface area (Å²) in [6.07, 6.45) is 7.05. The van der Waals surface area contributed by atoms with Crippen LogP contribution in [0.4, 0.5) is 17.6 Å². The van der Waals surface area contributed by atoms with Crippen molar-refractivity contribution in [3.63, 3.8) is 0 Å². The van der Waals surface area contributed by atoms with Crippen molar-refractivity contribution in [1.82, 2.24) is 14.9 Å². The van der Waals surface area contributed by atoms with E-state index in [2.05, 4.69) is 20.9 Å². The molecule has 5 nitrogen and oxygen atoms in total. The van der Waals surface area contributed by atoms with Crippen LogP contribution in [0.5, 0.6) is 0 Å². The quantitative estimate of drug-likeness (QED) is 0.273. The minimum atomic E-state index is -2.81. The molecule has 0 bridgehead atoms. The monoisotopic (exact) mass is 532 g/mol. The van der Waals surface area contributed by atoms with E-state index >= 15 is 0 Å². The lowest BCUT2D eigenvalue weighted by atomic mass is 9.81. The first-order valence-corrected chi connectivity index (χ1v) is 13.6. The Balaban J connectivity index is 1.20. The van der Waals surface area contributed by atoms with E-state index in [4.69, 9.17) is 4.98 Å². The minimum Gasteiger partial charge on any atom is -0.303 e. The molecule has 1 aliphatic heterocycles. The summed E-state index contributed by atoms with van der Waals surface area (Å²) < 4.78 is 52.6. The zero-order valence-electron chi connectivity index (χ0n) is 21.9. The fraction of sp³-hybridized carbons (Fsp3) is 0.586. The molecule has 2 aromatic rings. The fourth-order valence-corrected chi connectivity index (χ4v) is 5.39. The third-order valence-electron chi connectivity index (χ3n) is 7.73. The second kappa shape index (κ2) is 12.9. The SMILES string of the molecule is CC(F)(F)CCc1ccc2c(n1)CCN(CCC1CCC(/C=N/C(=O)c3cccnc3C(F)F)CC1)CC2. The van der Waals surface area contributed by atoms with Crippen LogP contribution in [-0.4, -0.2) is 52.5 Å². The summed E-state index contributed by atoms with van der Waals surface area (Å²) in [7, 11) is 0. The number of aryl methyl sites for hydroxylation is 1. The molecule has 3 heterocycles. The van der Waals surface area contributed by atoms with Crippen molar-refractivity contribution in [3.8, 4) is 0 Å². The number of pyridine rings is 2. The van der Waals surface area contributed by atoms with Gasteiger partial charge in [0, 0.05) is 49.7 Å². The number of alkyl halides is 4. The number of rotatable bonds is 9. The summed E-state index contributed by atoms with van der Waals surface area (Å²) in [5.41, 5.74) is 2.36. The van der Waals surface area contributed by atoms with Crippen molar-refractivity contribution in [1.29, 1.82) is 0 Å². The van der Waals surface area contributed by atoms with Gasteiger partial charge >= 0.3 is 0 Å². The molecule has 0 spiro atoms. The van der Waals surface area contributed by atoms with E-state index in [9.17, 15) is 22.4 Å². The van der Waals surface area contributed by atoms with E-state index in [-0.39, 0.29) is 17.9 Å². The molecule has 38 heavy (non-hydrogen) atoms. The number of aliphatic imine (C=N–C) groups is 1. The minimum absolute atomic E-state index is 0.138. The average Bonchev–Trinajstić information content (AvgIpc) is 3.11. The zero-order chi connectivity index (χ0) is 27.1. The molecule has 0 atom stereocenters. The maximum atomic E-state index is 13.2. The first kappa shape index (κ1) is 28.3. The van der Waals surface area contributed by atoms with E-state index in [1.54, 1.807) is 6.21 Å². The van der Waals surface area contributed by atoms with Crippen LogP contribution in [0.15, 0.2) is 35.5 Å². The first-order chi connectivity index (χ1) is 18.2. The van der Waals surface area contributed by atoms with Crippen molar-refractivity contribution in [2.45, 2.75) is 77.1 Å². The van der Waals surface area contributed by atoms with E-state index in [1.807, 2.05) is 6.07 Å². The topological polar surface area (TPSA) is 58.5 Å². The predicted molar refractivity (Wildman–Crippen MR) is 139 cm³/mol. The molecule has 0 N–H and O–H groups in total. The molecule has 4 rings (SSSR count). The molecule has 0 saturated heterocycles. The number of carbonyl (C=O) groups excluding carboxylic acids is 1. The van der Waals surface area contributed by atoms with Crippen LogP contribution >= 0.6 is 0 Å². The highest BCUT2D eigenvalue weighted by molar-refractivity contribution is 6.00. The number of aromatic nitrogens is 2. The number of halogens is 4. The average molecular weight is 533 g/mol. The van der Waals surface area contributed by atoms with Crippen LogP contribution in [0.25, 0.3) is 0 Å². The number of nitrogens with zero attached hydrogens (tertiary/aromatic N) is 4. The summed E-state index contributed by atoms with van der Waals surface area (Å²) in [5, 5.41) is 0. The number of fused-ring (bicyclic) bond motifs is 1. The van der Waals surface area contributed by atoms with Gasteiger partial charge in [0.15, 0.2) is 0 Å². The Kier molecular flexibility index (Phi) is 9.63. The Labute approximate surface area is 221 Å². The second-order valence-corrected chi connectivity index (χ2v) is 10.7. The van der Waals surface area contributed by atoms with E-state index < -0.39 is 23.9 Å². The van der Waals surface area contributed by atoms with Gasteiger partial charge in [-0.15, -0.1) is 0 Å². The molecular weight excluding hydrogens is 496 g/mol. The summed E-state index contributed by atoms with van der Waals surface area (Å²) >= 11 is 0. The highest BCUT2D eigenvalue weighted by Gasteiger charge is 2.24. The predicted octanol–water partition coefficient (Wildman–Crippen LogP) is 6.51. The third-order valence-corrected chi connectivity index (χ3v) is 7.73. The lowest BCUT2D eigenvalue weighted by Gasteiger charge is -2.28. The van der Waals surface area contributed by atoms with Gasteiger partial charge < -0.3 is 4.90 Å². The maximum Gasteiger partial charge on any atom is 0.281 e. The molecule has 0 aromatic carbocycles. The van der Waals surface area contributed by atoms with Crippen molar-refractivity contribution in [2.75, 3.05) is 19.6 Å². The second-order valence-electron chi connectivity index (χ2n) is 10.7. The third kappa shape index (κ3) is 8.16. The Morgan fingerprint density at radius 2 is 1.92 bits per heavy atom. The highest BCUT2D eigenvalue weighted by Crippen LogP contribution is 2.31. The van der Waals surface area contributed by atoms with E-state index in [0.717, 1.165) is 82.9 Å². The van der Waals surface area contributed by atoms with Gasteiger partial charge in [-0.25, -0.2) is 22.6 Å². The molecule has 1 amide bonds. The van der Waals surface area contributed by atoms with Crippen LogP contribution < -0.4 is 0 Å². The van der Waals surface area contributed by atoms with Gasteiger partial charge in [-0.1, -0.05) is 6.07 Å². The summed E-state index contributed by atoms with van der Waals surface area (Å²) in [6.45, 7) is 3.86. The standard InChI is InChI=1S/C29H36F4N4O/c1-29(32,33)14-10-23-9-8-22-12-17-37(18-13-25(22)36-23)16-11-20-4-6-21(7-5-20)19-35-28(38)24-3-2-15-34-26(24)27(30)31/h2-3,8-9,15,19-21,27H,4-7,10-14,16-18H2,1H3/b35-19+. The molecule has 2 aliphatic rings. The molecule has 1 aliphatic carbocycles. The number of carbonyl (C=O) groups is 1. The number of hydrogen-bond acceptors (Lipinski definition) is 4. The van der Waals surface area contributed by atoms with Crippen LogP contribution in [0.3, 0.4) is 0 Å². The molecular formula is C29H36F4N4O. The Bertz CT molecular complexity index is 1110. The van der Waals surface area contributed by atoms with Crippen molar-refractivity contribution in [3.05, 3.63) is 58.7 Å². The normalized spacial score (nSPS) is 21.0. The number of hydrogen-bond donors (Lipinski definition) is 0. The van der Waals surface area contributed by atoms with Gasteiger partial charge in [-0.3, -0.25) is 14.8 Å². The van der Waals surface area contributed by atoms with Gasteiger partial charge in [-0.05, 0) is 94.0 Å². The summed E-state index contributed by atoms with van der Waals surface area (Å²) in [5.74, 6) is -2.54. The molecule has 206 valence electrons. The Morgan fingerprint density at radius 3 is 2.66 bits per heavy atom. The molecule has 1 saturated carbocycles. The molecule has 1 fully saturated rings. The zero-order valence-corrected chi connectivity index (χ0v) is 21.9. The van der Waals surface area contributed by atoms with Gasteiger partial charge in [0.25, 0.3) is 12.3 Å². The Morgan fingerprint density at radius 1 is 1.16 bits per heavy atom. The smallest absolute Gasteiger partial charge is 0.281 e. The van der Waals surface area contributed by atoms with E-state index in [0.29, 0.717) is 12.3 Å². The van der Waals surface area contributed by atoms with Crippen LogP contribution in [0.2, 0.25) is 0 Å². The highest BCUT2D eigenvalue weighted by atomic mass is 19.3. The van der Waals surface area contributed by atoms with Crippen molar-refractivity contribution < 1.29 is 22.4 Å². The fourth-order valence-electron chi connectivity index (χ4n) is 5.39. The Hall–Kier alpha value is -2.68. The molecule has 0 unspecified atom stereocenters. The molecule has 2 aromatic heterocycles. The van der Waals surface area contributed by atoms with Crippen LogP contribution in [0.1, 0.15) is 84.9 Å². The lowest BCUT2D eigenvalue weighted by Crippen LogP contribution is -2.29. The largest absolute Gasteiger partial charge is 0.303 e. The number of amides is 1. The lowest BCUT2D eigenvalue weighted by molar-refractivity contribution is 0.0130. The van der Waals surface area contributed by atoms with Crippen LogP contribution in [0, 0.1) is 11.8 Å². The molecule has 9 heteroatoms. The van der Waals surface area contributed by atoms with E-state index in [1.165, 1.54) is 23.9 Å². The van der Waals surface area contributed by atoms with Crippen molar-refractivity contribution >= 4 is 12.1 Å². The van der Waals surface area contributed by atoms with Gasteiger partial charge in [0.1, 0.15) is 5.69 Å². The van der Waals surface area contributed by atoms with Crippen LogP contribution in [-0.2, 0) is 19.3 Å². The molecule has 0 radical (unpaired) electrons. The van der Waals surface area contributed by atoms with Crippen molar-refractivity contribution in [2.24, 2.45) is 16.8 Å². The summed E-state index contributed by atoms with van der Waals surface area (Å²) in [6, 6.07) is 6.76. The van der Waals surface area contributed by atoms with Gasteiger partial charge in [-0.2, -0.15) is 0 Å². The van der Waals surface area contributed by atoms with Gasteiger partial charge in [0.2, 0.25) is 5.92 Å². The summed E-state index contributed by atoms with van der Waals surface area (Å²) in [4.78, 5) is 27.1.